The maximum atomic E-state index is 14.8. The number of hydrogen-bond acceptors (Lipinski definition) is 8. The van der Waals surface area contributed by atoms with Crippen LogP contribution in [0.15, 0.2) is 24.4 Å². The molecule has 0 aliphatic carbocycles. The number of hydrogen-bond donors (Lipinski definition) is 2. The van der Waals surface area contributed by atoms with E-state index in [1.807, 2.05) is 16.7 Å². The molecule has 0 unspecified atom stereocenters. The number of cyclic esters (lactones) is 1. The molecule has 9 nitrogen and oxygen atoms in total. The Labute approximate surface area is 183 Å². The van der Waals surface area contributed by atoms with Crippen molar-refractivity contribution in [2.75, 3.05) is 61.0 Å². The fourth-order valence-corrected chi connectivity index (χ4v) is 4.35. The molecule has 2 fully saturated rings. The highest BCUT2D eigenvalue weighted by Gasteiger charge is 2.32. The first-order valence-electron chi connectivity index (χ1n) is 10.0. The first-order chi connectivity index (χ1) is 14.9. The van der Waals surface area contributed by atoms with Crippen molar-refractivity contribution in [3.63, 3.8) is 0 Å². The van der Waals surface area contributed by atoms with Crippen LogP contribution in [0.4, 0.5) is 25.7 Å². The number of aliphatic hydroxyl groups is 1. The second kappa shape index (κ2) is 9.16. The molecule has 2 saturated heterocycles. The van der Waals surface area contributed by atoms with Crippen molar-refractivity contribution < 1.29 is 23.8 Å². The molecule has 2 aromatic rings. The van der Waals surface area contributed by atoms with Crippen molar-refractivity contribution in [2.45, 2.75) is 13.0 Å². The molecule has 3 heterocycles. The lowest BCUT2D eigenvalue weighted by Gasteiger charge is -2.36. The van der Waals surface area contributed by atoms with Crippen molar-refractivity contribution in [1.29, 1.82) is 0 Å². The Balaban J connectivity index is 1.31. The lowest BCUT2D eigenvalue weighted by molar-refractivity contribution is -0.117. The van der Waals surface area contributed by atoms with E-state index in [-0.39, 0.29) is 25.6 Å². The Hall–Kier alpha value is -2.76. The Morgan fingerprint density at radius 3 is 2.74 bits per heavy atom. The third kappa shape index (κ3) is 4.94. The molecule has 2 N–H and O–H groups in total. The lowest BCUT2D eigenvalue weighted by Crippen LogP contribution is -2.49. The Bertz CT molecular complexity index is 963. The maximum absolute atomic E-state index is 14.8. The molecule has 0 radical (unpaired) electrons. The average molecular weight is 450 g/mol. The number of carbonyl (C=O) groups excluding carboxylic acids is 2. The molecule has 1 aromatic heterocycles. The van der Waals surface area contributed by atoms with Crippen LogP contribution in [0.2, 0.25) is 0 Å². The Kier molecular flexibility index (Phi) is 6.35. The summed E-state index contributed by atoms with van der Waals surface area (Å²) in [5.41, 5.74) is 0.854. The van der Waals surface area contributed by atoms with Gasteiger partial charge in [0.1, 0.15) is 11.9 Å². The molecule has 1 atom stereocenters. The normalized spacial score (nSPS) is 19.6. The monoisotopic (exact) mass is 449 g/mol. The van der Waals surface area contributed by atoms with Crippen LogP contribution in [-0.2, 0) is 9.53 Å². The molecule has 2 aliphatic heterocycles. The molecular formula is C20H24FN5O4S. The van der Waals surface area contributed by atoms with Crippen LogP contribution in [0, 0.1) is 12.7 Å². The Morgan fingerprint density at radius 1 is 1.35 bits per heavy atom. The largest absolute Gasteiger partial charge is 0.441 e. The number of nitrogens with one attached hydrogen (secondary N) is 1. The highest BCUT2D eigenvalue weighted by Crippen LogP contribution is 2.28. The highest BCUT2D eigenvalue weighted by atomic mass is 32.1. The third-order valence-electron chi connectivity index (χ3n) is 5.27. The van der Waals surface area contributed by atoms with Gasteiger partial charge in [0, 0.05) is 37.3 Å². The summed E-state index contributed by atoms with van der Waals surface area (Å²) in [7, 11) is 0. The van der Waals surface area contributed by atoms with E-state index in [0.717, 1.165) is 4.88 Å². The van der Waals surface area contributed by atoms with Gasteiger partial charge in [-0.25, -0.2) is 14.2 Å². The molecule has 11 heteroatoms. The SMILES string of the molecule is Cc1cnc(NC(=O)CN2CCN(c3ccc(N4C[C@H](CO)OC4=O)cc3F)CC2)s1. The number of ether oxygens (including phenoxy) is 1. The summed E-state index contributed by atoms with van der Waals surface area (Å²) in [6.07, 6.45) is 0.530. The van der Waals surface area contributed by atoms with E-state index in [4.69, 9.17) is 9.84 Å². The third-order valence-corrected chi connectivity index (χ3v) is 6.10. The predicted octanol–water partition coefficient (Wildman–Crippen LogP) is 1.67. The van der Waals surface area contributed by atoms with Crippen LogP contribution in [0.1, 0.15) is 4.88 Å². The first kappa shape index (κ1) is 21.5. The fourth-order valence-electron chi connectivity index (χ4n) is 3.67. The number of aliphatic hydroxyl groups excluding tert-OH is 1. The molecule has 0 saturated carbocycles. The zero-order valence-corrected chi connectivity index (χ0v) is 17.9. The molecular weight excluding hydrogens is 425 g/mol. The van der Waals surface area contributed by atoms with Crippen molar-refractivity contribution in [1.82, 2.24) is 9.88 Å². The second-order valence-electron chi connectivity index (χ2n) is 7.52. The molecule has 0 spiro atoms. The van der Waals surface area contributed by atoms with Gasteiger partial charge in [0.25, 0.3) is 0 Å². The van der Waals surface area contributed by atoms with Gasteiger partial charge in [-0.3, -0.25) is 14.6 Å². The first-order valence-corrected chi connectivity index (χ1v) is 10.8. The second-order valence-corrected chi connectivity index (χ2v) is 8.76. The van der Waals surface area contributed by atoms with E-state index in [2.05, 4.69) is 10.3 Å². The smallest absolute Gasteiger partial charge is 0.414 e. The number of nitrogens with zero attached hydrogens (tertiary/aromatic N) is 4. The predicted molar refractivity (Wildman–Crippen MR) is 115 cm³/mol. The van der Waals surface area contributed by atoms with E-state index < -0.39 is 18.0 Å². The van der Waals surface area contributed by atoms with Gasteiger partial charge in [-0.2, -0.15) is 0 Å². The van der Waals surface area contributed by atoms with Gasteiger partial charge in [0.15, 0.2) is 5.13 Å². The summed E-state index contributed by atoms with van der Waals surface area (Å²) in [4.78, 5) is 34.5. The van der Waals surface area contributed by atoms with E-state index in [1.54, 1.807) is 18.3 Å². The Morgan fingerprint density at radius 2 is 2.13 bits per heavy atom. The van der Waals surface area contributed by atoms with Crippen LogP contribution in [0.25, 0.3) is 0 Å². The van der Waals surface area contributed by atoms with Crippen LogP contribution < -0.4 is 15.1 Å². The molecule has 1 aromatic carbocycles. The van der Waals surface area contributed by atoms with Gasteiger partial charge in [-0.15, -0.1) is 11.3 Å². The van der Waals surface area contributed by atoms with Gasteiger partial charge in [0.05, 0.1) is 31.1 Å². The number of aryl methyl sites for hydroxylation is 1. The molecule has 4 rings (SSSR count). The van der Waals surface area contributed by atoms with Gasteiger partial charge in [-0.05, 0) is 25.1 Å². The quantitative estimate of drug-likeness (QED) is 0.692. The zero-order chi connectivity index (χ0) is 22.0. The van der Waals surface area contributed by atoms with Gasteiger partial charge in [-0.1, -0.05) is 0 Å². The average Bonchev–Trinajstić information content (AvgIpc) is 3.33. The standard InChI is InChI=1S/C20H24FN5O4S/c1-13-9-22-19(31-13)23-18(28)11-24-4-6-25(7-5-24)17-3-2-14(8-16(17)21)26-10-15(12-27)30-20(26)29/h2-3,8-9,15,27H,4-7,10-12H2,1H3,(H,22,23,28)/t15-/m1/s1. The van der Waals surface area contributed by atoms with Gasteiger partial charge in [0.2, 0.25) is 5.91 Å². The number of aromatic nitrogens is 1. The van der Waals surface area contributed by atoms with E-state index in [1.165, 1.54) is 22.3 Å². The van der Waals surface area contributed by atoms with Crippen LogP contribution >= 0.6 is 11.3 Å². The summed E-state index contributed by atoms with van der Waals surface area (Å²) in [5, 5.41) is 12.5. The summed E-state index contributed by atoms with van der Waals surface area (Å²) in [6.45, 7) is 4.53. The molecule has 166 valence electrons. The van der Waals surface area contributed by atoms with E-state index in [9.17, 15) is 14.0 Å². The maximum Gasteiger partial charge on any atom is 0.414 e. The fraction of sp³-hybridized carbons (Fsp3) is 0.450. The van der Waals surface area contributed by atoms with Gasteiger partial charge >= 0.3 is 6.09 Å². The van der Waals surface area contributed by atoms with Crippen LogP contribution in [0.3, 0.4) is 0 Å². The minimum Gasteiger partial charge on any atom is -0.441 e. The minimum absolute atomic E-state index is 0.114. The number of amides is 2. The number of piperazine rings is 1. The van der Waals surface area contributed by atoms with Gasteiger partial charge < -0.3 is 20.1 Å². The van der Waals surface area contributed by atoms with Crippen molar-refractivity contribution in [3.05, 3.63) is 35.1 Å². The molecule has 0 bridgehead atoms. The number of thiazole rings is 1. The number of anilines is 3. The van der Waals surface area contributed by atoms with Crippen molar-refractivity contribution in [2.24, 2.45) is 0 Å². The minimum atomic E-state index is -0.597. The summed E-state index contributed by atoms with van der Waals surface area (Å²) < 4.78 is 19.8. The summed E-state index contributed by atoms with van der Waals surface area (Å²) in [6, 6.07) is 4.64. The number of carbonyl (C=O) groups is 2. The summed E-state index contributed by atoms with van der Waals surface area (Å²) >= 11 is 1.43. The van der Waals surface area contributed by atoms with Crippen LogP contribution in [0.5, 0.6) is 0 Å². The number of benzene rings is 1. The van der Waals surface area contributed by atoms with Crippen molar-refractivity contribution in [3.8, 4) is 0 Å². The van der Waals surface area contributed by atoms with Crippen molar-refractivity contribution >= 4 is 39.8 Å². The zero-order valence-electron chi connectivity index (χ0n) is 17.1. The summed E-state index contributed by atoms with van der Waals surface area (Å²) in [5.74, 6) is -0.542. The molecule has 2 amide bonds. The van der Waals surface area contributed by atoms with E-state index in [0.29, 0.717) is 42.7 Å². The molecule has 2 aliphatic rings. The highest BCUT2D eigenvalue weighted by molar-refractivity contribution is 7.15. The number of rotatable bonds is 6. The molecule has 31 heavy (non-hydrogen) atoms. The lowest BCUT2D eigenvalue weighted by atomic mass is 10.2. The van der Waals surface area contributed by atoms with E-state index >= 15 is 0 Å². The van der Waals surface area contributed by atoms with Crippen LogP contribution in [-0.4, -0.2) is 79.0 Å². The topological polar surface area (TPSA) is 98.2 Å². The number of halogens is 1.